The molecular formula is C13H18. The lowest BCUT2D eigenvalue weighted by atomic mass is 9.90. The van der Waals surface area contributed by atoms with E-state index in [2.05, 4.69) is 26.0 Å². The molecule has 0 aromatic rings. The van der Waals surface area contributed by atoms with Gasteiger partial charge in [0, 0.05) is 0 Å². The van der Waals surface area contributed by atoms with Gasteiger partial charge in [0.2, 0.25) is 0 Å². The van der Waals surface area contributed by atoms with Crippen molar-refractivity contribution in [1.29, 1.82) is 0 Å². The molecule has 0 saturated carbocycles. The van der Waals surface area contributed by atoms with E-state index >= 15 is 0 Å². The molecule has 0 aliphatic heterocycles. The monoisotopic (exact) mass is 174 g/mol. The molecule has 0 unspecified atom stereocenters. The van der Waals surface area contributed by atoms with Gasteiger partial charge < -0.3 is 0 Å². The van der Waals surface area contributed by atoms with E-state index in [0.29, 0.717) is 0 Å². The van der Waals surface area contributed by atoms with Crippen molar-refractivity contribution >= 4 is 0 Å². The predicted octanol–water partition coefficient (Wildman–Crippen LogP) is 4.15. The molecule has 0 aromatic heterocycles. The minimum absolute atomic E-state index is 1.20. The van der Waals surface area contributed by atoms with Crippen LogP contribution in [0.2, 0.25) is 0 Å². The van der Waals surface area contributed by atoms with Crippen LogP contribution in [-0.4, -0.2) is 0 Å². The first-order chi connectivity index (χ1) is 6.27. The first kappa shape index (κ1) is 8.80. The molecule has 0 bridgehead atoms. The molecular weight excluding hydrogens is 156 g/mol. The molecule has 0 amide bonds. The molecule has 70 valence electrons. The zero-order valence-electron chi connectivity index (χ0n) is 8.69. The summed E-state index contributed by atoms with van der Waals surface area (Å²) in [5.74, 6) is 0. The van der Waals surface area contributed by atoms with Crippen molar-refractivity contribution in [2.45, 2.75) is 46.0 Å². The van der Waals surface area contributed by atoms with Gasteiger partial charge in [0.15, 0.2) is 0 Å². The highest BCUT2D eigenvalue weighted by atomic mass is 14.2. The Bertz CT molecular complexity index is 300. The van der Waals surface area contributed by atoms with Gasteiger partial charge in [0.25, 0.3) is 0 Å². The first-order valence-corrected chi connectivity index (χ1v) is 5.33. The van der Waals surface area contributed by atoms with Crippen molar-refractivity contribution in [3.63, 3.8) is 0 Å². The topological polar surface area (TPSA) is 0 Å². The average molecular weight is 174 g/mol. The molecule has 0 aromatic carbocycles. The Morgan fingerprint density at radius 3 is 2.62 bits per heavy atom. The van der Waals surface area contributed by atoms with Gasteiger partial charge in [-0.15, -0.1) is 0 Å². The third-order valence-corrected chi connectivity index (χ3v) is 3.30. The summed E-state index contributed by atoms with van der Waals surface area (Å²) in [6, 6.07) is 0. The van der Waals surface area contributed by atoms with Crippen molar-refractivity contribution in [3.05, 3.63) is 34.4 Å². The highest BCUT2D eigenvalue weighted by Gasteiger charge is 2.12. The molecule has 0 saturated heterocycles. The molecule has 0 fully saturated rings. The summed E-state index contributed by atoms with van der Waals surface area (Å²) in [5, 5.41) is 0. The lowest BCUT2D eigenvalue weighted by molar-refractivity contribution is 0.673. The molecule has 0 atom stereocenters. The van der Waals surface area contributed by atoms with Crippen LogP contribution >= 0.6 is 0 Å². The van der Waals surface area contributed by atoms with Crippen LogP contribution in [0.15, 0.2) is 34.4 Å². The fourth-order valence-electron chi connectivity index (χ4n) is 2.21. The Morgan fingerprint density at radius 2 is 1.77 bits per heavy atom. The second-order valence-electron chi connectivity index (χ2n) is 4.25. The highest BCUT2D eigenvalue weighted by Crippen LogP contribution is 2.32. The van der Waals surface area contributed by atoms with Crippen LogP contribution < -0.4 is 0 Å². The molecule has 0 spiro atoms. The minimum Gasteiger partial charge on any atom is -0.0772 e. The quantitative estimate of drug-likeness (QED) is 0.517. The summed E-state index contributed by atoms with van der Waals surface area (Å²) >= 11 is 0. The molecule has 2 aliphatic rings. The Hall–Kier alpha value is -0.780. The SMILES string of the molecule is CC1=CCC2=C(C=C1C)CCCC2. The highest BCUT2D eigenvalue weighted by molar-refractivity contribution is 5.41. The number of hydrogen-bond acceptors (Lipinski definition) is 0. The van der Waals surface area contributed by atoms with E-state index in [9.17, 15) is 0 Å². The standard InChI is InChI=1S/C13H18/c1-10-7-8-12-5-3-4-6-13(12)9-11(10)2/h7,9H,3-6,8H2,1-2H3. The second-order valence-corrected chi connectivity index (χ2v) is 4.25. The summed E-state index contributed by atoms with van der Waals surface area (Å²) in [4.78, 5) is 0. The third kappa shape index (κ3) is 1.77. The van der Waals surface area contributed by atoms with Crippen LogP contribution in [0.1, 0.15) is 46.0 Å². The lowest BCUT2D eigenvalue weighted by Crippen LogP contribution is -1.96. The zero-order chi connectivity index (χ0) is 9.26. The van der Waals surface area contributed by atoms with E-state index in [1.54, 1.807) is 11.1 Å². The van der Waals surface area contributed by atoms with Gasteiger partial charge in [-0.05, 0) is 57.1 Å². The van der Waals surface area contributed by atoms with Gasteiger partial charge in [-0.2, -0.15) is 0 Å². The van der Waals surface area contributed by atoms with Crippen molar-refractivity contribution in [2.75, 3.05) is 0 Å². The summed E-state index contributed by atoms with van der Waals surface area (Å²) in [7, 11) is 0. The summed E-state index contributed by atoms with van der Waals surface area (Å²) in [5.41, 5.74) is 6.26. The van der Waals surface area contributed by atoms with E-state index in [4.69, 9.17) is 0 Å². The molecule has 0 heterocycles. The molecule has 2 rings (SSSR count). The van der Waals surface area contributed by atoms with Crippen LogP contribution in [0.25, 0.3) is 0 Å². The number of allylic oxidation sites excluding steroid dienone is 6. The molecule has 0 radical (unpaired) electrons. The van der Waals surface area contributed by atoms with Crippen LogP contribution in [-0.2, 0) is 0 Å². The van der Waals surface area contributed by atoms with E-state index < -0.39 is 0 Å². The van der Waals surface area contributed by atoms with E-state index in [1.807, 2.05) is 0 Å². The fraction of sp³-hybridized carbons (Fsp3) is 0.538. The van der Waals surface area contributed by atoms with Gasteiger partial charge in [-0.3, -0.25) is 0 Å². The summed E-state index contributed by atoms with van der Waals surface area (Å²) in [6.07, 6.45) is 11.4. The van der Waals surface area contributed by atoms with Crippen LogP contribution in [0.5, 0.6) is 0 Å². The van der Waals surface area contributed by atoms with Crippen LogP contribution in [0.4, 0.5) is 0 Å². The maximum atomic E-state index is 2.41. The Morgan fingerprint density at radius 1 is 1.00 bits per heavy atom. The summed E-state index contributed by atoms with van der Waals surface area (Å²) in [6.45, 7) is 4.46. The largest absolute Gasteiger partial charge is 0.0772 e. The van der Waals surface area contributed by atoms with Gasteiger partial charge in [0.05, 0.1) is 0 Å². The van der Waals surface area contributed by atoms with Crippen molar-refractivity contribution in [3.8, 4) is 0 Å². The lowest BCUT2D eigenvalue weighted by Gasteiger charge is -2.16. The van der Waals surface area contributed by atoms with E-state index in [-0.39, 0.29) is 0 Å². The fourth-order valence-corrected chi connectivity index (χ4v) is 2.21. The van der Waals surface area contributed by atoms with Gasteiger partial charge in [0.1, 0.15) is 0 Å². The van der Waals surface area contributed by atoms with E-state index in [0.717, 1.165) is 0 Å². The molecule has 13 heavy (non-hydrogen) atoms. The van der Waals surface area contributed by atoms with Crippen molar-refractivity contribution < 1.29 is 0 Å². The number of rotatable bonds is 0. The second kappa shape index (κ2) is 3.53. The number of hydrogen-bond donors (Lipinski definition) is 0. The maximum absolute atomic E-state index is 2.41. The molecule has 0 heteroatoms. The molecule has 0 nitrogen and oxygen atoms in total. The van der Waals surface area contributed by atoms with Gasteiger partial charge in [-0.25, -0.2) is 0 Å². The zero-order valence-corrected chi connectivity index (χ0v) is 8.69. The predicted molar refractivity (Wildman–Crippen MR) is 57.6 cm³/mol. The van der Waals surface area contributed by atoms with E-state index in [1.165, 1.54) is 43.3 Å². The normalized spacial score (nSPS) is 23.2. The van der Waals surface area contributed by atoms with Crippen LogP contribution in [0, 0.1) is 0 Å². The van der Waals surface area contributed by atoms with Gasteiger partial charge in [-0.1, -0.05) is 23.3 Å². The Kier molecular flexibility index (Phi) is 2.39. The Labute approximate surface area is 81.0 Å². The van der Waals surface area contributed by atoms with Gasteiger partial charge >= 0.3 is 0 Å². The first-order valence-electron chi connectivity index (χ1n) is 5.33. The average Bonchev–Trinajstić information content (AvgIpc) is 2.28. The molecule has 0 N–H and O–H groups in total. The van der Waals surface area contributed by atoms with Crippen LogP contribution in [0.3, 0.4) is 0 Å². The smallest absolute Gasteiger partial charge is 0.0127 e. The Balaban J connectivity index is 2.34. The summed E-state index contributed by atoms with van der Waals surface area (Å²) < 4.78 is 0. The third-order valence-electron chi connectivity index (χ3n) is 3.30. The van der Waals surface area contributed by atoms with Crippen molar-refractivity contribution in [2.24, 2.45) is 0 Å². The molecule has 2 aliphatic carbocycles. The minimum atomic E-state index is 1.20. The van der Waals surface area contributed by atoms with Crippen molar-refractivity contribution in [1.82, 2.24) is 0 Å². The maximum Gasteiger partial charge on any atom is -0.0127 e.